The number of amides is 2. The summed E-state index contributed by atoms with van der Waals surface area (Å²) in [5.74, 6) is -0.895. The number of anilines is 1. The van der Waals surface area contributed by atoms with Crippen LogP contribution in [0.4, 0.5) is 18.9 Å². The van der Waals surface area contributed by atoms with Gasteiger partial charge in [0.05, 0.1) is 7.05 Å². The van der Waals surface area contributed by atoms with E-state index < -0.39 is 12.4 Å². The standard InChI is InChI=1S/C20H22F3N3O3/c1-25(2)19(28)18(14-7-5-4-6-8-14)26(3)13-17(27)24-15-9-11-16(12-10-15)29-20(21,22)23/h4-12,18H,13H2,1-3H3,(H,24,27)/p+1/t18-/m0/s1. The van der Waals surface area contributed by atoms with Crippen molar-refractivity contribution in [2.45, 2.75) is 12.4 Å². The maximum Gasteiger partial charge on any atom is 0.573 e. The fraction of sp³-hybridized carbons (Fsp3) is 0.300. The molecule has 2 amide bonds. The van der Waals surface area contributed by atoms with Crippen LogP contribution < -0.4 is 15.0 Å². The van der Waals surface area contributed by atoms with Crippen LogP contribution in [0.3, 0.4) is 0 Å². The number of ether oxygens (including phenoxy) is 1. The highest BCUT2D eigenvalue weighted by molar-refractivity contribution is 5.91. The van der Waals surface area contributed by atoms with Crippen LogP contribution >= 0.6 is 0 Å². The molecule has 0 saturated heterocycles. The van der Waals surface area contributed by atoms with E-state index in [0.717, 1.165) is 17.7 Å². The van der Waals surface area contributed by atoms with Crippen molar-refractivity contribution in [3.8, 4) is 5.75 Å². The molecule has 0 aliphatic carbocycles. The molecule has 6 nitrogen and oxygen atoms in total. The van der Waals surface area contributed by atoms with Crippen molar-refractivity contribution in [1.82, 2.24) is 4.90 Å². The van der Waals surface area contributed by atoms with Gasteiger partial charge in [0, 0.05) is 25.3 Å². The Bertz CT molecular complexity index is 824. The third-order valence-electron chi connectivity index (χ3n) is 4.12. The van der Waals surface area contributed by atoms with Gasteiger partial charge in [0.2, 0.25) is 0 Å². The number of rotatable bonds is 7. The lowest BCUT2D eigenvalue weighted by atomic mass is 10.0. The topological polar surface area (TPSA) is 63.1 Å². The minimum Gasteiger partial charge on any atom is -0.406 e. The largest absolute Gasteiger partial charge is 0.573 e. The van der Waals surface area contributed by atoms with E-state index in [1.807, 2.05) is 30.3 Å². The maximum atomic E-state index is 12.6. The molecule has 0 fully saturated rings. The molecule has 2 rings (SSSR count). The highest BCUT2D eigenvalue weighted by atomic mass is 19.4. The summed E-state index contributed by atoms with van der Waals surface area (Å²) in [5.41, 5.74) is 1.11. The van der Waals surface area contributed by atoms with E-state index in [9.17, 15) is 22.8 Å². The molecule has 2 N–H and O–H groups in total. The number of alkyl halides is 3. The molecule has 2 atom stereocenters. The molecule has 0 heterocycles. The Morgan fingerprint density at radius 1 is 1.07 bits per heavy atom. The van der Waals surface area contributed by atoms with Crippen molar-refractivity contribution in [2.24, 2.45) is 0 Å². The van der Waals surface area contributed by atoms with Gasteiger partial charge in [-0.15, -0.1) is 13.2 Å². The van der Waals surface area contributed by atoms with E-state index in [-0.39, 0.29) is 24.1 Å². The molecule has 0 aromatic heterocycles. The van der Waals surface area contributed by atoms with Crippen LogP contribution in [0, 0.1) is 0 Å². The van der Waals surface area contributed by atoms with Gasteiger partial charge in [0.1, 0.15) is 5.75 Å². The normalized spacial score (nSPS) is 13.3. The predicted octanol–water partition coefficient (Wildman–Crippen LogP) is 1.87. The monoisotopic (exact) mass is 410 g/mol. The summed E-state index contributed by atoms with van der Waals surface area (Å²) in [6, 6.07) is 13.4. The third kappa shape index (κ3) is 6.79. The van der Waals surface area contributed by atoms with Crippen molar-refractivity contribution >= 4 is 17.5 Å². The number of nitrogens with zero attached hydrogens (tertiary/aromatic N) is 1. The highest BCUT2D eigenvalue weighted by Crippen LogP contribution is 2.23. The first-order valence-electron chi connectivity index (χ1n) is 8.81. The summed E-state index contributed by atoms with van der Waals surface area (Å²) in [7, 11) is 5.03. The number of halogens is 3. The number of quaternary nitrogens is 1. The van der Waals surface area contributed by atoms with Gasteiger partial charge in [-0.25, -0.2) is 0 Å². The van der Waals surface area contributed by atoms with Gasteiger partial charge >= 0.3 is 6.36 Å². The number of hydrogen-bond acceptors (Lipinski definition) is 3. The van der Waals surface area contributed by atoms with Crippen molar-refractivity contribution < 1.29 is 32.4 Å². The van der Waals surface area contributed by atoms with Crippen LogP contribution in [0.2, 0.25) is 0 Å². The summed E-state index contributed by atoms with van der Waals surface area (Å²) in [6.07, 6.45) is -4.78. The second kappa shape index (κ2) is 9.42. The van der Waals surface area contributed by atoms with Gasteiger partial charge in [0.15, 0.2) is 12.6 Å². The number of carbonyl (C=O) groups is 2. The van der Waals surface area contributed by atoms with E-state index in [1.54, 1.807) is 21.1 Å². The first-order chi connectivity index (χ1) is 13.6. The maximum absolute atomic E-state index is 12.6. The first kappa shape index (κ1) is 22.2. The molecule has 0 aliphatic rings. The van der Waals surface area contributed by atoms with Gasteiger partial charge in [0.25, 0.3) is 11.8 Å². The lowest BCUT2D eigenvalue weighted by Crippen LogP contribution is -3.11. The average molecular weight is 410 g/mol. The van der Waals surface area contributed by atoms with Crippen molar-refractivity contribution in [2.75, 3.05) is 33.0 Å². The molecule has 0 bridgehead atoms. The Hall–Kier alpha value is -3.07. The fourth-order valence-electron chi connectivity index (χ4n) is 2.84. The number of likely N-dealkylation sites (N-methyl/N-ethyl adjacent to an activating group) is 2. The molecule has 2 aromatic carbocycles. The highest BCUT2D eigenvalue weighted by Gasteiger charge is 2.32. The van der Waals surface area contributed by atoms with Crippen LogP contribution in [0.15, 0.2) is 54.6 Å². The zero-order valence-corrected chi connectivity index (χ0v) is 16.3. The number of nitrogens with one attached hydrogen (secondary N) is 2. The lowest BCUT2D eigenvalue weighted by Gasteiger charge is -2.26. The zero-order chi connectivity index (χ0) is 21.6. The molecule has 29 heavy (non-hydrogen) atoms. The van der Waals surface area contributed by atoms with Crippen molar-refractivity contribution in [3.63, 3.8) is 0 Å². The fourth-order valence-corrected chi connectivity index (χ4v) is 2.84. The summed E-state index contributed by atoms with van der Waals surface area (Å²) in [5, 5.41) is 2.62. The Kier molecular flexibility index (Phi) is 7.22. The summed E-state index contributed by atoms with van der Waals surface area (Å²) in [6.45, 7) is -0.0139. The predicted molar refractivity (Wildman–Crippen MR) is 101 cm³/mol. The molecule has 1 unspecified atom stereocenters. The quantitative estimate of drug-likeness (QED) is 0.733. The molecule has 0 aliphatic heterocycles. The van der Waals surface area contributed by atoms with E-state index in [0.29, 0.717) is 10.6 Å². The van der Waals surface area contributed by atoms with Gasteiger partial charge in [-0.2, -0.15) is 0 Å². The zero-order valence-electron chi connectivity index (χ0n) is 16.3. The Labute approximate surface area is 166 Å². The van der Waals surface area contributed by atoms with Crippen LogP contribution in [0.1, 0.15) is 11.6 Å². The van der Waals surface area contributed by atoms with Crippen molar-refractivity contribution in [1.29, 1.82) is 0 Å². The van der Waals surface area contributed by atoms with Crippen LogP contribution in [0.5, 0.6) is 5.75 Å². The number of benzene rings is 2. The molecule has 156 valence electrons. The van der Waals surface area contributed by atoms with E-state index in [2.05, 4.69) is 10.1 Å². The van der Waals surface area contributed by atoms with Gasteiger partial charge in [-0.1, -0.05) is 30.3 Å². The van der Waals surface area contributed by atoms with E-state index >= 15 is 0 Å². The second-order valence-corrected chi connectivity index (χ2v) is 6.72. The summed E-state index contributed by atoms with van der Waals surface area (Å²) < 4.78 is 40.4. The smallest absolute Gasteiger partial charge is 0.406 e. The van der Waals surface area contributed by atoms with Crippen LogP contribution in [0.25, 0.3) is 0 Å². The molecular weight excluding hydrogens is 387 g/mol. The molecule has 9 heteroatoms. The average Bonchev–Trinajstić information content (AvgIpc) is 2.63. The Balaban J connectivity index is 2.05. The first-order valence-corrected chi connectivity index (χ1v) is 8.81. The third-order valence-corrected chi connectivity index (χ3v) is 4.12. The minimum absolute atomic E-state index is 0.0139. The number of carbonyl (C=O) groups excluding carboxylic acids is 2. The minimum atomic E-state index is -4.78. The Morgan fingerprint density at radius 3 is 2.17 bits per heavy atom. The molecular formula is C20H23F3N3O3+. The number of hydrogen-bond donors (Lipinski definition) is 2. The SMILES string of the molecule is CN(C)C(=O)[C@H](c1ccccc1)[NH+](C)CC(=O)Nc1ccc(OC(F)(F)F)cc1. The second-order valence-electron chi connectivity index (χ2n) is 6.72. The van der Waals surface area contributed by atoms with Crippen LogP contribution in [-0.4, -0.2) is 50.8 Å². The Morgan fingerprint density at radius 2 is 1.66 bits per heavy atom. The molecule has 0 saturated carbocycles. The molecule has 0 spiro atoms. The van der Waals surface area contributed by atoms with Gasteiger partial charge < -0.3 is 19.9 Å². The van der Waals surface area contributed by atoms with E-state index in [4.69, 9.17) is 0 Å². The van der Waals surface area contributed by atoms with Crippen LogP contribution in [-0.2, 0) is 9.59 Å². The summed E-state index contributed by atoms with van der Waals surface area (Å²) >= 11 is 0. The van der Waals surface area contributed by atoms with Crippen molar-refractivity contribution in [3.05, 3.63) is 60.2 Å². The van der Waals surface area contributed by atoms with Gasteiger partial charge in [-0.3, -0.25) is 9.59 Å². The molecule has 2 aromatic rings. The van der Waals surface area contributed by atoms with E-state index in [1.165, 1.54) is 17.0 Å². The molecule has 0 radical (unpaired) electrons. The lowest BCUT2D eigenvalue weighted by molar-refractivity contribution is -0.894. The summed E-state index contributed by atoms with van der Waals surface area (Å²) in [4.78, 5) is 27.2. The van der Waals surface area contributed by atoms with Gasteiger partial charge in [-0.05, 0) is 24.3 Å².